The Morgan fingerprint density at radius 1 is 1.59 bits per heavy atom. The summed E-state index contributed by atoms with van der Waals surface area (Å²) in [5, 5.41) is 3.53. The molecule has 5 nitrogen and oxygen atoms in total. The van der Waals surface area contributed by atoms with E-state index >= 15 is 0 Å². The largest absolute Gasteiger partial charge is 0.312 e. The quantitative estimate of drug-likeness (QED) is 0.360. The van der Waals surface area contributed by atoms with Crippen LogP contribution >= 0.6 is 22.6 Å². The lowest BCUT2D eigenvalue weighted by molar-refractivity contribution is -0.117. The van der Waals surface area contributed by atoms with Crippen LogP contribution in [0.25, 0.3) is 10.4 Å². The zero-order valence-electron chi connectivity index (χ0n) is 9.08. The predicted molar refractivity (Wildman–Crippen MR) is 73.6 cm³/mol. The lowest BCUT2D eigenvalue weighted by Crippen LogP contribution is -2.24. The summed E-state index contributed by atoms with van der Waals surface area (Å²) in [6.45, 7) is 1.03. The van der Waals surface area contributed by atoms with Gasteiger partial charge in [0, 0.05) is 33.7 Å². The number of azide groups is 1. The molecule has 1 unspecified atom stereocenters. The third kappa shape index (κ3) is 2.89. The molecule has 6 heteroatoms. The lowest BCUT2D eigenvalue weighted by Gasteiger charge is -2.16. The van der Waals surface area contributed by atoms with E-state index in [2.05, 4.69) is 32.6 Å². The van der Waals surface area contributed by atoms with E-state index in [0.29, 0.717) is 19.5 Å². The molecule has 0 spiro atoms. The third-order valence-corrected chi connectivity index (χ3v) is 3.40. The van der Waals surface area contributed by atoms with Gasteiger partial charge in [0.2, 0.25) is 5.91 Å². The Balaban J connectivity index is 2.12. The highest BCUT2D eigenvalue weighted by Crippen LogP contribution is 2.26. The van der Waals surface area contributed by atoms with E-state index in [-0.39, 0.29) is 11.8 Å². The summed E-state index contributed by atoms with van der Waals surface area (Å²) in [5.41, 5.74) is 9.19. The molecular formula is C11H11IN4O. The molecule has 88 valence electrons. The van der Waals surface area contributed by atoms with Gasteiger partial charge in [0.1, 0.15) is 0 Å². The maximum atomic E-state index is 11.8. The second-order valence-electron chi connectivity index (χ2n) is 3.97. The minimum atomic E-state index is 0.102. The maximum absolute atomic E-state index is 11.8. The first-order valence-corrected chi connectivity index (χ1v) is 6.35. The minimum Gasteiger partial charge on any atom is -0.312 e. The predicted octanol–water partition coefficient (Wildman–Crippen LogP) is 2.95. The molecule has 1 heterocycles. The van der Waals surface area contributed by atoms with E-state index in [1.807, 2.05) is 24.3 Å². The van der Waals surface area contributed by atoms with E-state index in [0.717, 1.165) is 9.26 Å². The molecule has 0 aliphatic carbocycles. The van der Waals surface area contributed by atoms with Crippen LogP contribution in [0.3, 0.4) is 0 Å². The molecule has 1 amide bonds. The first-order chi connectivity index (χ1) is 8.20. The number of halogens is 1. The van der Waals surface area contributed by atoms with Crippen molar-refractivity contribution in [3.63, 3.8) is 0 Å². The number of benzene rings is 1. The molecule has 2 rings (SSSR count). The van der Waals surface area contributed by atoms with Crippen LogP contribution in [0.4, 0.5) is 5.69 Å². The number of amides is 1. The Labute approximate surface area is 113 Å². The Morgan fingerprint density at radius 2 is 2.41 bits per heavy atom. The molecule has 17 heavy (non-hydrogen) atoms. The van der Waals surface area contributed by atoms with E-state index in [1.54, 1.807) is 4.90 Å². The molecule has 1 aromatic carbocycles. The van der Waals surface area contributed by atoms with E-state index in [9.17, 15) is 4.79 Å². The number of hydrogen-bond donors (Lipinski definition) is 0. The number of anilines is 1. The van der Waals surface area contributed by atoms with Gasteiger partial charge >= 0.3 is 0 Å². The van der Waals surface area contributed by atoms with Crippen molar-refractivity contribution in [2.75, 3.05) is 18.0 Å². The molecule has 1 aliphatic heterocycles. The fourth-order valence-electron chi connectivity index (χ4n) is 1.95. The summed E-state index contributed by atoms with van der Waals surface area (Å²) in [5.74, 6) is 0.237. The fraction of sp³-hybridized carbons (Fsp3) is 0.364. The second-order valence-corrected chi connectivity index (χ2v) is 5.21. The first kappa shape index (κ1) is 12.2. The zero-order valence-corrected chi connectivity index (χ0v) is 11.2. The number of hydrogen-bond acceptors (Lipinski definition) is 2. The van der Waals surface area contributed by atoms with Crippen molar-refractivity contribution in [1.29, 1.82) is 0 Å². The SMILES string of the molecule is [N-]=[N+]=NCC1CC(=O)N(c2cccc(I)c2)C1. The van der Waals surface area contributed by atoms with Gasteiger partial charge in [-0.1, -0.05) is 11.2 Å². The molecule has 1 aromatic rings. The van der Waals surface area contributed by atoms with Crippen LogP contribution in [0.2, 0.25) is 0 Å². The average Bonchev–Trinajstić information content (AvgIpc) is 2.68. The molecule has 1 aliphatic rings. The van der Waals surface area contributed by atoms with Gasteiger partial charge in [-0.05, 0) is 52.2 Å². The molecule has 0 bridgehead atoms. The normalized spacial score (nSPS) is 19.2. The molecule has 1 fully saturated rings. The topological polar surface area (TPSA) is 69.1 Å². The van der Waals surface area contributed by atoms with Crippen molar-refractivity contribution in [3.05, 3.63) is 38.3 Å². The van der Waals surface area contributed by atoms with Crippen LogP contribution < -0.4 is 4.90 Å². The summed E-state index contributed by atoms with van der Waals surface area (Å²) in [6, 6.07) is 7.83. The van der Waals surface area contributed by atoms with Gasteiger partial charge < -0.3 is 4.90 Å². The van der Waals surface area contributed by atoms with Crippen molar-refractivity contribution in [2.45, 2.75) is 6.42 Å². The van der Waals surface area contributed by atoms with E-state index in [4.69, 9.17) is 5.53 Å². The summed E-state index contributed by atoms with van der Waals surface area (Å²) >= 11 is 2.22. The Morgan fingerprint density at radius 3 is 3.12 bits per heavy atom. The van der Waals surface area contributed by atoms with Gasteiger partial charge in [-0.25, -0.2) is 0 Å². The highest BCUT2D eigenvalue weighted by Gasteiger charge is 2.29. The summed E-state index contributed by atoms with van der Waals surface area (Å²) in [4.78, 5) is 16.3. The maximum Gasteiger partial charge on any atom is 0.227 e. The summed E-state index contributed by atoms with van der Waals surface area (Å²) in [7, 11) is 0. The monoisotopic (exact) mass is 342 g/mol. The van der Waals surface area contributed by atoms with E-state index < -0.39 is 0 Å². The van der Waals surface area contributed by atoms with Crippen LogP contribution in [0.5, 0.6) is 0 Å². The van der Waals surface area contributed by atoms with Gasteiger partial charge in [0.15, 0.2) is 0 Å². The number of nitrogens with zero attached hydrogens (tertiary/aromatic N) is 4. The molecule has 0 aromatic heterocycles. The van der Waals surface area contributed by atoms with Crippen LogP contribution in [0.1, 0.15) is 6.42 Å². The van der Waals surface area contributed by atoms with Crippen LogP contribution in [0.15, 0.2) is 29.4 Å². The summed E-state index contributed by atoms with van der Waals surface area (Å²) < 4.78 is 1.10. The highest BCUT2D eigenvalue weighted by molar-refractivity contribution is 14.1. The molecular weight excluding hydrogens is 331 g/mol. The smallest absolute Gasteiger partial charge is 0.227 e. The van der Waals surface area contributed by atoms with Crippen LogP contribution in [-0.2, 0) is 4.79 Å². The number of rotatable bonds is 3. The van der Waals surface area contributed by atoms with Crippen LogP contribution in [0, 0.1) is 9.49 Å². The first-order valence-electron chi connectivity index (χ1n) is 5.27. The molecule has 0 N–H and O–H groups in total. The third-order valence-electron chi connectivity index (χ3n) is 2.73. The number of carbonyl (C=O) groups excluding carboxylic acids is 1. The van der Waals surface area contributed by atoms with Crippen molar-refractivity contribution < 1.29 is 4.79 Å². The second kappa shape index (κ2) is 5.37. The van der Waals surface area contributed by atoms with Crippen molar-refractivity contribution in [1.82, 2.24) is 0 Å². The Hall–Kier alpha value is -1.27. The lowest BCUT2D eigenvalue weighted by atomic mass is 10.1. The van der Waals surface area contributed by atoms with Gasteiger partial charge in [-0.2, -0.15) is 0 Å². The Kier molecular flexibility index (Phi) is 3.86. The van der Waals surface area contributed by atoms with Gasteiger partial charge in [-0.15, -0.1) is 0 Å². The van der Waals surface area contributed by atoms with Crippen molar-refractivity contribution in [2.24, 2.45) is 11.0 Å². The van der Waals surface area contributed by atoms with Crippen LogP contribution in [-0.4, -0.2) is 19.0 Å². The minimum absolute atomic E-state index is 0.102. The van der Waals surface area contributed by atoms with Gasteiger partial charge in [0.05, 0.1) is 0 Å². The zero-order chi connectivity index (χ0) is 12.3. The molecule has 0 saturated carbocycles. The highest BCUT2D eigenvalue weighted by atomic mass is 127. The molecule has 1 atom stereocenters. The van der Waals surface area contributed by atoms with E-state index in [1.165, 1.54) is 0 Å². The Bertz CT molecular complexity index is 484. The van der Waals surface area contributed by atoms with Crippen molar-refractivity contribution >= 4 is 34.2 Å². The summed E-state index contributed by atoms with van der Waals surface area (Å²) in [6.07, 6.45) is 0.463. The molecule has 0 radical (unpaired) electrons. The standard InChI is InChI=1S/C11H11IN4O/c12-9-2-1-3-10(5-9)16-7-8(4-11(16)17)6-14-15-13/h1-3,5,8H,4,6-7H2. The fourth-order valence-corrected chi connectivity index (χ4v) is 2.48. The molecule has 1 saturated heterocycles. The van der Waals surface area contributed by atoms with Gasteiger partial charge in [0.25, 0.3) is 0 Å². The number of carbonyl (C=O) groups is 1. The van der Waals surface area contributed by atoms with Gasteiger partial charge in [-0.3, -0.25) is 4.79 Å². The van der Waals surface area contributed by atoms with Crippen molar-refractivity contribution in [3.8, 4) is 0 Å². The average molecular weight is 342 g/mol.